The summed E-state index contributed by atoms with van der Waals surface area (Å²) < 4.78 is 1.65. The Morgan fingerprint density at radius 1 is 1.14 bits per heavy atom. The lowest BCUT2D eigenvalue weighted by Crippen LogP contribution is -2.23. The van der Waals surface area contributed by atoms with Crippen molar-refractivity contribution >= 4 is 5.97 Å². The molecule has 1 N–H and O–H groups in total. The van der Waals surface area contributed by atoms with Crippen LogP contribution in [0, 0.1) is 0 Å². The number of rotatable bonds is 4. The van der Waals surface area contributed by atoms with Gasteiger partial charge >= 0.3 is 5.97 Å². The minimum atomic E-state index is -0.895. The first-order valence-corrected chi connectivity index (χ1v) is 7.80. The van der Waals surface area contributed by atoms with Gasteiger partial charge in [-0.2, -0.15) is 0 Å². The Morgan fingerprint density at radius 3 is 2.32 bits per heavy atom. The van der Waals surface area contributed by atoms with Crippen molar-refractivity contribution < 1.29 is 9.90 Å². The van der Waals surface area contributed by atoms with Gasteiger partial charge in [0.2, 0.25) is 0 Å². The molecular formula is C18H22N2O2. The Kier molecular flexibility index (Phi) is 4.03. The summed E-state index contributed by atoms with van der Waals surface area (Å²) in [5, 5.41) is 9.14. The van der Waals surface area contributed by atoms with Crippen molar-refractivity contribution in [3.05, 3.63) is 47.8 Å². The first-order chi connectivity index (χ1) is 10.6. The average Bonchev–Trinajstić information content (AvgIpc) is 3.16. The van der Waals surface area contributed by atoms with Crippen LogP contribution < -0.4 is 0 Å². The van der Waals surface area contributed by atoms with E-state index in [1.54, 1.807) is 17.7 Å². The smallest absolute Gasteiger partial charge is 0.352 e. The third kappa shape index (κ3) is 2.79. The van der Waals surface area contributed by atoms with E-state index in [0.29, 0.717) is 11.7 Å². The van der Waals surface area contributed by atoms with Crippen molar-refractivity contribution in [2.24, 2.45) is 7.05 Å². The normalized spacial score (nSPS) is 16.8. The molecule has 0 unspecified atom stereocenters. The highest BCUT2D eigenvalue weighted by Crippen LogP contribution is 2.27. The van der Waals surface area contributed by atoms with Gasteiger partial charge in [-0.15, -0.1) is 0 Å². The number of likely N-dealkylation sites (tertiary alicyclic amines) is 1. The number of aromatic carboxylic acids is 1. The van der Waals surface area contributed by atoms with Crippen LogP contribution in [0.3, 0.4) is 0 Å². The number of carboxylic acids is 1. The second kappa shape index (κ2) is 5.97. The lowest BCUT2D eigenvalue weighted by molar-refractivity contribution is 0.0686. The van der Waals surface area contributed by atoms with Crippen LogP contribution in [0.15, 0.2) is 36.5 Å². The molecular weight excluding hydrogens is 276 g/mol. The van der Waals surface area contributed by atoms with Crippen LogP contribution in [0.25, 0.3) is 11.1 Å². The molecule has 4 heteroatoms. The summed E-state index contributed by atoms with van der Waals surface area (Å²) >= 11 is 0. The Morgan fingerprint density at radius 2 is 1.77 bits per heavy atom. The molecule has 1 aliphatic rings. The van der Waals surface area contributed by atoms with Crippen LogP contribution in [0.5, 0.6) is 0 Å². The van der Waals surface area contributed by atoms with Crippen molar-refractivity contribution in [3.63, 3.8) is 0 Å². The van der Waals surface area contributed by atoms with E-state index in [9.17, 15) is 4.79 Å². The van der Waals surface area contributed by atoms with Crippen molar-refractivity contribution in [1.82, 2.24) is 9.47 Å². The topological polar surface area (TPSA) is 45.5 Å². The number of nitrogens with zero attached hydrogens (tertiary/aromatic N) is 2. The third-order valence-electron chi connectivity index (χ3n) is 4.64. The lowest BCUT2D eigenvalue weighted by Gasteiger charge is -2.24. The monoisotopic (exact) mass is 298 g/mol. The Hall–Kier alpha value is -2.07. The third-order valence-corrected chi connectivity index (χ3v) is 4.64. The summed E-state index contributed by atoms with van der Waals surface area (Å²) in [7, 11) is 1.76. The molecule has 116 valence electrons. The van der Waals surface area contributed by atoms with E-state index >= 15 is 0 Å². The Labute approximate surface area is 131 Å². The Bertz CT molecular complexity index is 667. The SMILES string of the molecule is C[C@@H](c1ccc(-c2cc(C(=O)O)n(C)c2)cc1)N1CCCC1. The molecule has 0 bridgehead atoms. The molecule has 0 amide bonds. The maximum Gasteiger partial charge on any atom is 0.352 e. The fourth-order valence-electron chi connectivity index (χ4n) is 3.23. The average molecular weight is 298 g/mol. The highest BCUT2D eigenvalue weighted by atomic mass is 16.4. The maximum atomic E-state index is 11.1. The van der Waals surface area contributed by atoms with Crippen LogP contribution in [0.2, 0.25) is 0 Å². The summed E-state index contributed by atoms with van der Waals surface area (Å²) in [4.78, 5) is 13.6. The van der Waals surface area contributed by atoms with Crippen molar-refractivity contribution in [3.8, 4) is 11.1 Å². The summed E-state index contributed by atoms with van der Waals surface area (Å²) in [6.45, 7) is 4.62. The molecule has 1 aromatic heterocycles. The van der Waals surface area contributed by atoms with Crippen molar-refractivity contribution in [1.29, 1.82) is 0 Å². The van der Waals surface area contributed by atoms with E-state index < -0.39 is 5.97 Å². The first kappa shape index (κ1) is 14.9. The second-order valence-electron chi connectivity index (χ2n) is 6.07. The molecule has 22 heavy (non-hydrogen) atoms. The molecule has 4 nitrogen and oxygen atoms in total. The number of benzene rings is 1. The molecule has 1 atom stereocenters. The summed E-state index contributed by atoms with van der Waals surface area (Å²) in [6.07, 6.45) is 4.46. The molecule has 0 saturated carbocycles. The van der Waals surface area contributed by atoms with Gasteiger partial charge in [0.15, 0.2) is 0 Å². The molecule has 1 aliphatic heterocycles. The highest BCUT2D eigenvalue weighted by molar-refractivity contribution is 5.88. The highest BCUT2D eigenvalue weighted by Gasteiger charge is 2.19. The van der Waals surface area contributed by atoms with Crippen LogP contribution in [-0.4, -0.2) is 33.6 Å². The van der Waals surface area contributed by atoms with Crippen molar-refractivity contribution in [2.45, 2.75) is 25.8 Å². The summed E-state index contributed by atoms with van der Waals surface area (Å²) in [5.41, 5.74) is 3.63. The zero-order chi connectivity index (χ0) is 15.7. The van der Waals surface area contributed by atoms with Gasteiger partial charge in [-0.25, -0.2) is 4.79 Å². The molecule has 0 radical (unpaired) electrons. The number of aromatic nitrogens is 1. The molecule has 2 aromatic rings. The predicted octanol–water partition coefficient (Wildman–Crippen LogP) is 3.55. The van der Waals surface area contributed by atoms with Gasteiger partial charge in [-0.3, -0.25) is 4.90 Å². The van der Waals surface area contributed by atoms with Gasteiger partial charge in [-0.1, -0.05) is 24.3 Å². The number of aryl methyl sites for hydroxylation is 1. The van der Waals surface area contributed by atoms with E-state index in [1.807, 2.05) is 6.20 Å². The molecule has 3 rings (SSSR count). The number of hydrogen-bond acceptors (Lipinski definition) is 2. The van der Waals surface area contributed by atoms with Gasteiger partial charge in [-0.05, 0) is 50.0 Å². The van der Waals surface area contributed by atoms with Crippen LogP contribution in [0.1, 0.15) is 41.9 Å². The fraction of sp³-hybridized carbons (Fsp3) is 0.389. The zero-order valence-electron chi connectivity index (χ0n) is 13.1. The number of hydrogen-bond donors (Lipinski definition) is 1. The van der Waals surface area contributed by atoms with E-state index in [4.69, 9.17) is 5.11 Å². The largest absolute Gasteiger partial charge is 0.477 e. The fourth-order valence-corrected chi connectivity index (χ4v) is 3.23. The Balaban J connectivity index is 1.81. The molecule has 1 aromatic carbocycles. The van der Waals surface area contributed by atoms with Gasteiger partial charge in [0.1, 0.15) is 5.69 Å². The number of carboxylic acid groups (broad SMARTS) is 1. The minimum absolute atomic E-state index is 0.310. The van der Waals surface area contributed by atoms with Gasteiger partial charge < -0.3 is 9.67 Å². The van der Waals surface area contributed by atoms with E-state index in [1.165, 1.54) is 31.5 Å². The van der Waals surface area contributed by atoms with Crippen LogP contribution in [0.4, 0.5) is 0 Å². The maximum absolute atomic E-state index is 11.1. The van der Waals surface area contributed by atoms with Gasteiger partial charge in [0.05, 0.1) is 0 Å². The molecule has 2 heterocycles. The van der Waals surface area contributed by atoms with Crippen molar-refractivity contribution in [2.75, 3.05) is 13.1 Å². The van der Waals surface area contributed by atoms with Crippen LogP contribution in [-0.2, 0) is 7.05 Å². The molecule has 0 spiro atoms. The van der Waals surface area contributed by atoms with Gasteiger partial charge in [0, 0.05) is 24.8 Å². The minimum Gasteiger partial charge on any atom is -0.477 e. The quantitative estimate of drug-likeness (QED) is 0.939. The summed E-state index contributed by atoms with van der Waals surface area (Å²) in [6, 6.07) is 10.7. The zero-order valence-corrected chi connectivity index (χ0v) is 13.1. The molecule has 1 saturated heterocycles. The molecule has 0 aliphatic carbocycles. The van der Waals surface area contributed by atoms with E-state index in [0.717, 1.165) is 11.1 Å². The predicted molar refractivity (Wildman–Crippen MR) is 87.0 cm³/mol. The van der Waals surface area contributed by atoms with E-state index in [2.05, 4.69) is 36.1 Å². The molecule has 1 fully saturated rings. The standard InChI is InChI=1S/C18H22N2O2/c1-13(20-9-3-4-10-20)14-5-7-15(8-6-14)16-11-17(18(21)22)19(2)12-16/h5-8,11-13H,3-4,9-10H2,1-2H3,(H,21,22)/t13-/m0/s1. The van der Waals surface area contributed by atoms with Crippen LogP contribution >= 0.6 is 0 Å². The van der Waals surface area contributed by atoms with Gasteiger partial charge in [0.25, 0.3) is 0 Å². The lowest BCUT2D eigenvalue weighted by atomic mass is 10.0. The van der Waals surface area contributed by atoms with E-state index in [-0.39, 0.29) is 0 Å². The first-order valence-electron chi connectivity index (χ1n) is 7.80. The second-order valence-corrected chi connectivity index (χ2v) is 6.07. The number of carbonyl (C=O) groups is 1. The summed E-state index contributed by atoms with van der Waals surface area (Å²) in [5.74, 6) is -0.895.